The number of nitrogens with zero attached hydrogens (tertiary/aromatic N) is 1. The normalized spacial score (nSPS) is 12.8. The molecule has 0 radical (unpaired) electrons. The SMILES string of the molecule is Cc1ccc(S(=O)(=O)Oc2cccc(C(=O)C(C)CN(C)C)c2)cc1. The fourth-order valence-corrected chi connectivity index (χ4v) is 3.42. The van der Waals surface area contributed by atoms with Crippen molar-refractivity contribution in [3.8, 4) is 5.75 Å². The minimum absolute atomic E-state index is 0.0492. The second-order valence-electron chi connectivity index (χ2n) is 6.41. The summed E-state index contributed by atoms with van der Waals surface area (Å²) in [6.07, 6.45) is 0. The Bertz CT molecular complexity index is 842. The Labute approximate surface area is 149 Å². The minimum Gasteiger partial charge on any atom is -0.379 e. The van der Waals surface area contributed by atoms with Gasteiger partial charge in [0.2, 0.25) is 0 Å². The van der Waals surface area contributed by atoms with Crippen molar-refractivity contribution < 1.29 is 17.4 Å². The van der Waals surface area contributed by atoms with E-state index in [0.717, 1.165) is 5.56 Å². The van der Waals surface area contributed by atoms with E-state index in [9.17, 15) is 13.2 Å². The van der Waals surface area contributed by atoms with E-state index in [2.05, 4.69) is 0 Å². The average Bonchev–Trinajstić information content (AvgIpc) is 2.53. The van der Waals surface area contributed by atoms with Gasteiger partial charge in [0, 0.05) is 18.0 Å². The predicted molar refractivity (Wildman–Crippen MR) is 97.5 cm³/mol. The Balaban J connectivity index is 2.21. The van der Waals surface area contributed by atoms with Gasteiger partial charge in [-0.2, -0.15) is 8.42 Å². The fraction of sp³-hybridized carbons (Fsp3) is 0.316. The molecule has 0 aliphatic rings. The molecule has 0 amide bonds. The van der Waals surface area contributed by atoms with Crippen LogP contribution in [0.1, 0.15) is 22.8 Å². The molecular weight excluding hydrogens is 338 g/mol. The van der Waals surface area contributed by atoms with Crippen molar-refractivity contribution in [3.05, 3.63) is 59.7 Å². The maximum Gasteiger partial charge on any atom is 0.339 e. The van der Waals surface area contributed by atoms with Crippen molar-refractivity contribution in [2.45, 2.75) is 18.7 Å². The standard InChI is InChI=1S/C19H23NO4S/c1-14-8-10-18(11-9-14)25(22,23)24-17-7-5-6-16(12-17)19(21)15(2)13-20(3)4/h5-12,15H,13H2,1-4H3. The average molecular weight is 361 g/mol. The third kappa shape index (κ3) is 5.14. The lowest BCUT2D eigenvalue weighted by atomic mass is 9.99. The second-order valence-corrected chi connectivity index (χ2v) is 7.95. The molecule has 1 unspecified atom stereocenters. The predicted octanol–water partition coefficient (Wildman–Crippen LogP) is 3.14. The first kappa shape index (κ1) is 19.1. The first-order valence-electron chi connectivity index (χ1n) is 7.99. The van der Waals surface area contributed by atoms with Crippen LogP contribution in [-0.2, 0) is 10.1 Å². The third-order valence-electron chi connectivity index (χ3n) is 3.72. The highest BCUT2D eigenvalue weighted by atomic mass is 32.2. The van der Waals surface area contributed by atoms with Gasteiger partial charge in [-0.25, -0.2) is 0 Å². The van der Waals surface area contributed by atoms with Gasteiger partial charge in [-0.05, 0) is 45.3 Å². The van der Waals surface area contributed by atoms with Crippen molar-refractivity contribution in [3.63, 3.8) is 0 Å². The summed E-state index contributed by atoms with van der Waals surface area (Å²) in [7, 11) is -0.131. The number of benzene rings is 2. The van der Waals surface area contributed by atoms with E-state index in [4.69, 9.17) is 4.18 Å². The van der Waals surface area contributed by atoms with Crippen molar-refractivity contribution in [2.24, 2.45) is 5.92 Å². The van der Waals surface area contributed by atoms with E-state index in [-0.39, 0.29) is 22.3 Å². The van der Waals surface area contributed by atoms with Crippen molar-refractivity contribution >= 4 is 15.9 Å². The smallest absolute Gasteiger partial charge is 0.339 e. The quantitative estimate of drug-likeness (QED) is 0.560. The van der Waals surface area contributed by atoms with Crippen LogP contribution < -0.4 is 4.18 Å². The highest BCUT2D eigenvalue weighted by molar-refractivity contribution is 7.87. The molecule has 0 N–H and O–H groups in total. The van der Waals surface area contributed by atoms with Gasteiger partial charge in [-0.1, -0.05) is 36.8 Å². The van der Waals surface area contributed by atoms with Gasteiger partial charge < -0.3 is 9.08 Å². The lowest BCUT2D eigenvalue weighted by Crippen LogP contribution is -2.25. The topological polar surface area (TPSA) is 63.7 Å². The van der Waals surface area contributed by atoms with Gasteiger partial charge in [0.1, 0.15) is 10.6 Å². The maximum atomic E-state index is 12.5. The highest BCUT2D eigenvalue weighted by Gasteiger charge is 2.19. The molecule has 0 saturated heterocycles. The highest BCUT2D eigenvalue weighted by Crippen LogP contribution is 2.21. The van der Waals surface area contributed by atoms with E-state index >= 15 is 0 Å². The molecule has 0 aromatic heterocycles. The van der Waals surface area contributed by atoms with Gasteiger partial charge in [-0.3, -0.25) is 4.79 Å². The van der Waals surface area contributed by atoms with E-state index in [1.165, 1.54) is 24.3 Å². The Morgan fingerprint density at radius 3 is 2.36 bits per heavy atom. The summed E-state index contributed by atoms with van der Waals surface area (Å²) in [5, 5.41) is 0. The number of aryl methyl sites for hydroxylation is 1. The van der Waals surface area contributed by atoms with Crippen LogP contribution in [0.5, 0.6) is 5.75 Å². The van der Waals surface area contributed by atoms with E-state index in [1.54, 1.807) is 24.3 Å². The molecule has 0 bridgehead atoms. The lowest BCUT2D eigenvalue weighted by Gasteiger charge is -2.16. The summed E-state index contributed by atoms with van der Waals surface area (Å²) < 4.78 is 29.9. The number of rotatable bonds is 7. The van der Waals surface area contributed by atoms with Gasteiger partial charge in [0.15, 0.2) is 5.78 Å². The molecular formula is C19H23NO4S. The first-order valence-corrected chi connectivity index (χ1v) is 9.40. The van der Waals surface area contributed by atoms with Crippen molar-refractivity contribution in [1.82, 2.24) is 4.90 Å². The van der Waals surface area contributed by atoms with Crippen LogP contribution in [0.4, 0.5) is 0 Å². The van der Waals surface area contributed by atoms with Gasteiger partial charge in [0.25, 0.3) is 0 Å². The third-order valence-corrected chi connectivity index (χ3v) is 4.98. The zero-order chi connectivity index (χ0) is 18.6. The number of ketones is 1. The largest absolute Gasteiger partial charge is 0.379 e. The molecule has 5 nitrogen and oxygen atoms in total. The molecule has 25 heavy (non-hydrogen) atoms. The molecule has 1 atom stereocenters. The van der Waals surface area contributed by atoms with Crippen LogP contribution in [0.3, 0.4) is 0 Å². The Morgan fingerprint density at radius 1 is 1.12 bits per heavy atom. The molecule has 0 spiro atoms. The Morgan fingerprint density at radius 2 is 1.76 bits per heavy atom. The summed E-state index contributed by atoms with van der Waals surface area (Å²) in [6, 6.07) is 12.7. The molecule has 2 aromatic carbocycles. The summed E-state index contributed by atoms with van der Waals surface area (Å²) in [6.45, 7) is 4.34. The second kappa shape index (κ2) is 7.80. The number of hydrogen-bond donors (Lipinski definition) is 0. The molecule has 0 heterocycles. The monoisotopic (exact) mass is 361 g/mol. The summed E-state index contributed by atoms with van der Waals surface area (Å²) in [5.41, 5.74) is 1.40. The van der Waals surface area contributed by atoms with Crippen LogP contribution in [0.2, 0.25) is 0 Å². The number of Topliss-reactive ketones (excluding diaryl/α,β-unsaturated/α-hetero) is 1. The zero-order valence-electron chi connectivity index (χ0n) is 14.9. The summed E-state index contributed by atoms with van der Waals surface area (Å²) >= 11 is 0. The minimum atomic E-state index is -3.93. The molecule has 0 fully saturated rings. The fourth-order valence-electron chi connectivity index (χ4n) is 2.50. The molecule has 2 aromatic rings. The number of hydrogen-bond acceptors (Lipinski definition) is 5. The van der Waals surface area contributed by atoms with Crippen LogP contribution in [0.25, 0.3) is 0 Å². The van der Waals surface area contributed by atoms with Crippen LogP contribution >= 0.6 is 0 Å². The molecule has 0 saturated carbocycles. The lowest BCUT2D eigenvalue weighted by molar-refractivity contribution is 0.0909. The van der Waals surface area contributed by atoms with Crippen molar-refractivity contribution in [1.29, 1.82) is 0 Å². The summed E-state index contributed by atoms with van der Waals surface area (Å²) in [4.78, 5) is 14.5. The van der Waals surface area contributed by atoms with E-state index in [0.29, 0.717) is 12.1 Å². The molecule has 0 aliphatic heterocycles. The van der Waals surface area contributed by atoms with Crippen LogP contribution in [0.15, 0.2) is 53.4 Å². The zero-order valence-corrected chi connectivity index (χ0v) is 15.7. The van der Waals surface area contributed by atoms with Gasteiger partial charge in [-0.15, -0.1) is 0 Å². The number of carbonyl (C=O) groups excluding carboxylic acids is 1. The van der Waals surface area contributed by atoms with Crippen molar-refractivity contribution in [2.75, 3.05) is 20.6 Å². The maximum absolute atomic E-state index is 12.5. The van der Waals surface area contributed by atoms with E-state index in [1.807, 2.05) is 32.8 Å². The molecule has 0 aliphatic carbocycles. The van der Waals surface area contributed by atoms with Crippen LogP contribution in [0, 0.1) is 12.8 Å². The Hall–Kier alpha value is -2.18. The van der Waals surface area contributed by atoms with Crippen LogP contribution in [-0.4, -0.2) is 39.7 Å². The van der Waals surface area contributed by atoms with Gasteiger partial charge in [0.05, 0.1) is 0 Å². The molecule has 6 heteroatoms. The summed E-state index contributed by atoms with van der Waals surface area (Å²) in [5.74, 6) is -0.116. The van der Waals surface area contributed by atoms with E-state index < -0.39 is 10.1 Å². The molecule has 134 valence electrons. The number of carbonyl (C=O) groups is 1. The first-order chi connectivity index (χ1) is 11.7. The Kier molecular flexibility index (Phi) is 5.98. The molecule has 2 rings (SSSR count). The van der Waals surface area contributed by atoms with Gasteiger partial charge >= 0.3 is 10.1 Å².